The van der Waals surface area contributed by atoms with Gasteiger partial charge in [-0.1, -0.05) is 11.6 Å². The Morgan fingerprint density at radius 3 is 2.50 bits per heavy atom. The van der Waals surface area contributed by atoms with Crippen molar-refractivity contribution in [1.29, 1.82) is 0 Å². The van der Waals surface area contributed by atoms with Crippen LogP contribution in [0, 0.1) is 13.8 Å². The highest BCUT2D eigenvalue weighted by molar-refractivity contribution is 6.31. The van der Waals surface area contributed by atoms with Crippen molar-refractivity contribution in [3.05, 3.63) is 34.1 Å². The predicted octanol–water partition coefficient (Wildman–Crippen LogP) is 2.56. The molecule has 6 heteroatoms. The van der Waals surface area contributed by atoms with E-state index in [4.69, 9.17) is 26.8 Å². The van der Waals surface area contributed by atoms with Gasteiger partial charge in [0.15, 0.2) is 11.5 Å². The van der Waals surface area contributed by atoms with E-state index in [1.165, 1.54) is 0 Å². The molecule has 3 rings (SSSR count). The highest BCUT2D eigenvalue weighted by Crippen LogP contribution is 2.35. The number of nitrogens with zero attached hydrogens (tertiary/aromatic N) is 2. The summed E-state index contributed by atoms with van der Waals surface area (Å²) in [6.07, 6.45) is 0. The molecule has 0 atom stereocenters. The third-order valence-corrected chi connectivity index (χ3v) is 3.96. The molecule has 0 amide bonds. The van der Waals surface area contributed by atoms with Gasteiger partial charge in [-0.25, -0.2) is 0 Å². The smallest absolute Gasteiger partial charge is 0.163 e. The monoisotopic (exact) mass is 293 g/mol. The molecule has 0 radical (unpaired) electrons. The quantitative estimate of drug-likeness (QED) is 0.865. The van der Waals surface area contributed by atoms with E-state index in [0.717, 1.165) is 22.7 Å². The largest absolute Gasteiger partial charge is 0.486 e. The van der Waals surface area contributed by atoms with Gasteiger partial charge in [-0.05, 0) is 19.9 Å². The van der Waals surface area contributed by atoms with Crippen LogP contribution in [0.2, 0.25) is 5.02 Å². The van der Waals surface area contributed by atoms with E-state index in [1.54, 1.807) is 6.07 Å². The van der Waals surface area contributed by atoms with Crippen molar-refractivity contribution in [2.24, 2.45) is 0 Å². The lowest BCUT2D eigenvalue weighted by Crippen LogP contribution is -2.16. The van der Waals surface area contributed by atoms with Crippen molar-refractivity contribution in [3.8, 4) is 11.5 Å². The van der Waals surface area contributed by atoms with Crippen LogP contribution in [-0.4, -0.2) is 23.0 Å². The Hall–Kier alpha value is -1.88. The SMILES string of the molecule is Cc1nn(Cc2cc3c(cc2N)OCCO3)c(C)c1Cl. The van der Waals surface area contributed by atoms with Crippen molar-refractivity contribution in [3.63, 3.8) is 0 Å². The van der Waals surface area contributed by atoms with Crippen molar-refractivity contribution in [2.75, 3.05) is 18.9 Å². The van der Waals surface area contributed by atoms with Gasteiger partial charge in [0, 0.05) is 17.3 Å². The van der Waals surface area contributed by atoms with Gasteiger partial charge in [0.25, 0.3) is 0 Å². The average Bonchev–Trinajstić information content (AvgIpc) is 2.67. The van der Waals surface area contributed by atoms with E-state index in [0.29, 0.717) is 36.2 Å². The van der Waals surface area contributed by atoms with Gasteiger partial charge in [-0.15, -0.1) is 0 Å². The molecule has 0 aliphatic carbocycles. The first-order valence-corrected chi connectivity index (χ1v) is 6.81. The molecule has 1 aliphatic rings. The zero-order chi connectivity index (χ0) is 14.3. The number of ether oxygens (including phenoxy) is 2. The van der Waals surface area contributed by atoms with Gasteiger partial charge in [-0.3, -0.25) is 4.68 Å². The predicted molar refractivity (Wildman–Crippen MR) is 77.7 cm³/mol. The van der Waals surface area contributed by atoms with Crippen LogP contribution in [0.3, 0.4) is 0 Å². The summed E-state index contributed by atoms with van der Waals surface area (Å²) in [6.45, 7) is 5.50. The van der Waals surface area contributed by atoms with Crippen LogP contribution in [0.25, 0.3) is 0 Å². The van der Waals surface area contributed by atoms with Crippen LogP contribution in [0.15, 0.2) is 12.1 Å². The Morgan fingerprint density at radius 2 is 1.90 bits per heavy atom. The lowest BCUT2D eigenvalue weighted by atomic mass is 10.1. The Balaban J connectivity index is 1.96. The molecule has 1 aliphatic heterocycles. The highest BCUT2D eigenvalue weighted by atomic mass is 35.5. The number of hydrogen-bond acceptors (Lipinski definition) is 4. The van der Waals surface area contributed by atoms with Crippen LogP contribution in [-0.2, 0) is 6.54 Å². The molecular formula is C14H16ClN3O2. The number of hydrogen-bond donors (Lipinski definition) is 1. The van der Waals surface area contributed by atoms with Gasteiger partial charge in [-0.2, -0.15) is 5.10 Å². The minimum atomic E-state index is 0.554. The Labute approximate surface area is 122 Å². The molecule has 0 saturated carbocycles. The molecule has 20 heavy (non-hydrogen) atoms. The van der Waals surface area contributed by atoms with Crippen LogP contribution in [0.4, 0.5) is 5.69 Å². The van der Waals surface area contributed by atoms with Crippen LogP contribution in [0.5, 0.6) is 11.5 Å². The summed E-state index contributed by atoms with van der Waals surface area (Å²) < 4.78 is 12.9. The van der Waals surface area contributed by atoms with Gasteiger partial charge >= 0.3 is 0 Å². The van der Waals surface area contributed by atoms with Gasteiger partial charge < -0.3 is 15.2 Å². The van der Waals surface area contributed by atoms with Crippen molar-refractivity contribution in [1.82, 2.24) is 9.78 Å². The molecule has 2 N–H and O–H groups in total. The van der Waals surface area contributed by atoms with E-state index < -0.39 is 0 Å². The second kappa shape index (κ2) is 4.90. The van der Waals surface area contributed by atoms with Crippen LogP contribution in [0.1, 0.15) is 17.0 Å². The maximum absolute atomic E-state index is 6.16. The Morgan fingerprint density at radius 1 is 1.25 bits per heavy atom. The maximum Gasteiger partial charge on any atom is 0.163 e. The first-order chi connectivity index (χ1) is 9.56. The van der Waals surface area contributed by atoms with E-state index in [1.807, 2.05) is 24.6 Å². The number of aromatic nitrogens is 2. The number of rotatable bonds is 2. The Bertz CT molecular complexity index is 667. The molecule has 0 unspecified atom stereocenters. The van der Waals surface area contributed by atoms with E-state index in [2.05, 4.69) is 5.10 Å². The number of fused-ring (bicyclic) bond motifs is 1. The fourth-order valence-corrected chi connectivity index (χ4v) is 2.41. The molecule has 2 aromatic rings. The standard InChI is InChI=1S/C14H16ClN3O2/c1-8-14(15)9(2)18(17-8)7-10-5-12-13(6-11(10)16)20-4-3-19-12/h5-6H,3-4,7,16H2,1-2H3. The summed E-state index contributed by atoms with van der Waals surface area (Å²) in [6, 6.07) is 3.71. The molecule has 1 aromatic heterocycles. The minimum absolute atomic E-state index is 0.554. The summed E-state index contributed by atoms with van der Waals surface area (Å²) in [5.74, 6) is 1.43. The third kappa shape index (κ3) is 2.18. The lowest BCUT2D eigenvalue weighted by Gasteiger charge is -2.20. The number of anilines is 1. The summed E-state index contributed by atoms with van der Waals surface area (Å²) in [4.78, 5) is 0. The molecule has 0 saturated heterocycles. The molecule has 0 fully saturated rings. The van der Waals surface area contributed by atoms with Gasteiger partial charge in [0.05, 0.1) is 23.0 Å². The summed E-state index contributed by atoms with van der Waals surface area (Å²) >= 11 is 6.16. The number of nitrogen functional groups attached to an aromatic ring is 1. The second-order valence-corrected chi connectivity index (χ2v) is 5.22. The topological polar surface area (TPSA) is 62.3 Å². The molecule has 0 spiro atoms. The maximum atomic E-state index is 6.16. The third-order valence-electron chi connectivity index (χ3n) is 3.42. The summed E-state index contributed by atoms with van der Waals surface area (Å²) in [5, 5.41) is 5.11. The van der Waals surface area contributed by atoms with Gasteiger partial charge in [0.2, 0.25) is 0 Å². The zero-order valence-corrected chi connectivity index (χ0v) is 12.2. The fraction of sp³-hybridized carbons (Fsp3) is 0.357. The number of aryl methyl sites for hydroxylation is 1. The molecule has 2 heterocycles. The normalized spacial score (nSPS) is 13.6. The first-order valence-electron chi connectivity index (χ1n) is 6.43. The second-order valence-electron chi connectivity index (χ2n) is 4.84. The van der Waals surface area contributed by atoms with Crippen LogP contribution >= 0.6 is 11.6 Å². The molecule has 106 valence electrons. The van der Waals surface area contributed by atoms with E-state index in [9.17, 15) is 0 Å². The van der Waals surface area contributed by atoms with E-state index >= 15 is 0 Å². The van der Waals surface area contributed by atoms with Crippen molar-refractivity contribution in [2.45, 2.75) is 20.4 Å². The average molecular weight is 294 g/mol. The van der Waals surface area contributed by atoms with Crippen molar-refractivity contribution < 1.29 is 9.47 Å². The number of halogens is 1. The van der Waals surface area contributed by atoms with E-state index in [-0.39, 0.29) is 0 Å². The van der Waals surface area contributed by atoms with Crippen molar-refractivity contribution >= 4 is 17.3 Å². The molecule has 0 bridgehead atoms. The van der Waals surface area contributed by atoms with Crippen LogP contribution < -0.4 is 15.2 Å². The first kappa shape index (κ1) is 13.1. The zero-order valence-electron chi connectivity index (χ0n) is 11.4. The molecule has 1 aromatic carbocycles. The lowest BCUT2D eigenvalue weighted by molar-refractivity contribution is 0.171. The number of nitrogens with two attached hydrogens (primary N) is 1. The number of benzene rings is 1. The summed E-state index contributed by atoms with van der Waals surface area (Å²) in [5.41, 5.74) is 9.43. The van der Waals surface area contributed by atoms with Gasteiger partial charge in [0.1, 0.15) is 13.2 Å². The Kier molecular flexibility index (Phi) is 3.22. The molecular weight excluding hydrogens is 278 g/mol. The minimum Gasteiger partial charge on any atom is -0.486 e. The highest BCUT2D eigenvalue weighted by Gasteiger charge is 2.16. The fourth-order valence-electron chi connectivity index (χ4n) is 2.27. The summed E-state index contributed by atoms with van der Waals surface area (Å²) in [7, 11) is 0. The molecule has 5 nitrogen and oxygen atoms in total.